The standard InChI is InChI=1S/C14H22N2O2S2/c1-14(2,16-20(3,17)18)10-15-8-11-9-19-13-7-5-4-6-12(11)13/h4-7,11,15-16H,8-10H2,1-3H3. The molecule has 1 aromatic carbocycles. The third-order valence-electron chi connectivity index (χ3n) is 3.22. The molecule has 0 bridgehead atoms. The molecule has 1 atom stereocenters. The second-order valence-corrected chi connectivity index (χ2v) is 8.75. The number of benzene rings is 1. The Morgan fingerprint density at radius 1 is 1.35 bits per heavy atom. The lowest BCUT2D eigenvalue weighted by atomic mass is 10.0. The van der Waals surface area contributed by atoms with Crippen molar-refractivity contribution in [2.45, 2.75) is 30.2 Å². The van der Waals surface area contributed by atoms with Gasteiger partial charge in [0.15, 0.2) is 0 Å². The van der Waals surface area contributed by atoms with Crippen molar-refractivity contribution in [3.63, 3.8) is 0 Å². The van der Waals surface area contributed by atoms with E-state index < -0.39 is 15.6 Å². The van der Waals surface area contributed by atoms with Gasteiger partial charge in [0.2, 0.25) is 10.0 Å². The van der Waals surface area contributed by atoms with Crippen LogP contribution in [0.1, 0.15) is 25.3 Å². The van der Waals surface area contributed by atoms with Crippen LogP contribution in [0.5, 0.6) is 0 Å². The monoisotopic (exact) mass is 314 g/mol. The van der Waals surface area contributed by atoms with Gasteiger partial charge in [-0.25, -0.2) is 13.1 Å². The Balaban J connectivity index is 1.85. The summed E-state index contributed by atoms with van der Waals surface area (Å²) in [4.78, 5) is 1.37. The van der Waals surface area contributed by atoms with Crippen LogP contribution in [0.15, 0.2) is 29.2 Å². The molecule has 0 aromatic heterocycles. The fourth-order valence-electron chi connectivity index (χ4n) is 2.50. The second-order valence-electron chi connectivity index (χ2n) is 5.93. The van der Waals surface area contributed by atoms with E-state index in [0.29, 0.717) is 12.5 Å². The topological polar surface area (TPSA) is 58.2 Å². The van der Waals surface area contributed by atoms with E-state index in [1.807, 2.05) is 25.6 Å². The van der Waals surface area contributed by atoms with E-state index in [1.54, 1.807) is 0 Å². The van der Waals surface area contributed by atoms with E-state index in [1.165, 1.54) is 16.7 Å². The van der Waals surface area contributed by atoms with Gasteiger partial charge in [0.25, 0.3) is 0 Å². The molecule has 1 aliphatic rings. The Bertz CT molecular complexity index is 570. The maximum Gasteiger partial charge on any atom is 0.209 e. The van der Waals surface area contributed by atoms with Gasteiger partial charge in [0.1, 0.15) is 0 Å². The summed E-state index contributed by atoms with van der Waals surface area (Å²) < 4.78 is 25.2. The van der Waals surface area contributed by atoms with Crippen LogP contribution in [0.25, 0.3) is 0 Å². The van der Waals surface area contributed by atoms with Gasteiger partial charge in [-0.3, -0.25) is 0 Å². The van der Waals surface area contributed by atoms with E-state index >= 15 is 0 Å². The Labute approximate surface area is 125 Å². The fourth-order valence-corrected chi connectivity index (χ4v) is 4.83. The summed E-state index contributed by atoms with van der Waals surface area (Å²) in [6.45, 7) is 5.26. The number of hydrogen-bond donors (Lipinski definition) is 2. The molecule has 2 rings (SSSR count). The zero-order chi connectivity index (χ0) is 14.8. The number of sulfonamides is 1. The van der Waals surface area contributed by atoms with Gasteiger partial charge in [-0.15, -0.1) is 11.8 Å². The van der Waals surface area contributed by atoms with Crippen LogP contribution >= 0.6 is 11.8 Å². The number of fused-ring (bicyclic) bond motifs is 1. The van der Waals surface area contributed by atoms with E-state index in [-0.39, 0.29) is 0 Å². The number of nitrogens with one attached hydrogen (secondary N) is 2. The number of thioether (sulfide) groups is 1. The van der Waals surface area contributed by atoms with Crippen molar-refractivity contribution < 1.29 is 8.42 Å². The molecular weight excluding hydrogens is 292 g/mol. The van der Waals surface area contributed by atoms with Crippen LogP contribution in [0.2, 0.25) is 0 Å². The van der Waals surface area contributed by atoms with Gasteiger partial charge in [0.05, 0.1) is 6.26 Å². The Hall–Kier alpha value is -0.560. The van der Waals surface area contributed by atoms with E-state index in [2.05, 4.69) is 34.3 Å². The zero-order valence-electron chi connectivity index (χ0n) is 12.1. The third-order valence-corrected chi connectivity index (χ3v) is 5.39. The van der Waals surface area contributed by atoms with Crippen molar-refractivity contribution in [1.29, 1.82) is 0 Å². The van der Waals surface area contributed by atoms with Gasteiger partial charge >= 0.3 is 0 Å². The van der Waals surface area contributed by atoms with Crippen LogP contribution in [0.4, 0.5) is 0 Å². The lowest BCUT2D eigenvalue weighted by molar-refractivity contribution is 0.416. The van der Waals surface area contributed by atoms with Gasteiger partial charge in [-0.2, -0.15) is 0 Å². The van der Waals surface area contributed by atoms with Gasteiger partial charge in [-0.05, 0) is 25.5 Å². The minimum Gasteiger partial charge on any atom is -0.314 e. The Morgan fingerprint density at radius 2 is 2.05 bits per heavy atom. The van der Waals surface area contributed by atoms with Crippen LogP contribution in [0.3, 0.4) is 0 Å². The van der Waals surface area contributed by atoms with Crippen LogP contribution in [-0.2, 0) is 10.0 Å². The molecule has 0 amide bonds. The predicted molar refractivity (Wildman–Crippen MR) is 84.8 cm³/mol. The zero-order valence-corrected chi connectivity index (χ0v) is 13.8. The minimum absolute atomic E-state index is 0.473. The highest BCUT2D eigenvalue weighted by Crippen LogP contribution is 2.38. The van der Waals surface area contributed by atoms with Crippen LogP contribution in [-0.4, -0.2) is 39.1 Å². The molecule has 1 aromatic rings. The van der Waals surface area contributed by atoms with Gasteiger partial charge < -0.3 is 5.32 Å². The number of hydrogen-bond acceptors (Lipinski definition) is 4. The lowest BCUT2D eigenvalue weighted by Gasteiger charge is -2.26. The summed E-state index contributed by atoms with van der Waals surface area (Å²) in [6, 6.07) is 8.49. The van der Waals surface area contributed by atoms with Crippen LogP contribution < -0.4 is 10.0 Å². The van der Waals surface area contributed by atoms with Crippen LogP contribution in [0, 0.1) is 0 Å². The summed E-state index contributed by atoms with van der Waals surface area (Å²) in [5.41, 5.74) is 0.928. The smallest absolute Gasteiger partial charge is 0.209 e. The fraction of sp³-hybridized carbons (Fsp3) is 0.571. The summed E-state index contributed by atoms with van der Waals surface area (Å²) >= 11 is 1.89. The highest BCUT2D eigenvalue weighted by Gasteiger charge is 2.25. The molecule has 2 N–H and O–H groups in total. The molecule has 6 heteroatoms. The largest absolute Gasteiger partial charge is 0.314 e. The molecule has 112 valence electrons. The highest BCUT2D eigenvalue weighted by molar-refractivity contribution is 7.99. The maximum atomic E-state index is 11.3. The normalized spacial score (nSPS) is 19.1. The first-order chi connectivity index (χ1) is 9.27. The quantitative estimate of drug-likeness (QED) is 0.840. The highest BCUT2D eigenvalue weighted by atomic mass is 32.2. The van der Waals surface area contributed by atoms with Crippen molar-refractivity contribution in [2.24, 2.45) is 0 Å². The minimum atomic E-state index is -3.17. The van der Waals surface area contributed by atoms with Gasteiger partial charge in [0, 0.05) is 35.2 Å². The molecule has 4 nitrogen and oxygen atoms in total. The van der Waals surface area contributed by atoms with E-state index in [0.717, 1.165) is 12.3 Å². The van der Waals surface area contributed by atoms with Crippen molar-refractivity contribution in [1.82, 2.24) is 10.0 Å². The molecule has 0 aliphatic carbocycles. The van der Waals surface area contributed by atoms with E-state index in [9.17, 15) is 8.42 Å². The summed E-state index contributed by atoms with van der Waals surface area (Å²) in [7, 11) is -3.17. The molecule has 0 fully saturated rings. The molecule has 0 radical (unpaired) electrons. The average Bonchev–Trinajstić information content (AvgIpc) is 2.69. The summed E-state index contributed by atoms with van der Waals surface area (Å²) in [6.07, 6.45) is 1.19. The molecule has 20 heavy (non-hydrogen) atoms. The molecule has 0 spiro atoms. The SMILES string of the molecule is CC(C)(CNCC1CSc2ccccc21)NS(C)(=O)=O. The Morgan fingerprint density at radius 3 is 2.75 bits per heavy atom. The van der Waals surface area contributed by atoms with Crippen molar-refractivity contribution in [3.05, 3.63) is 29.8 Å². The maximum absolute atomic E-state index is 11.3. The third kappa shape index (κ3) is 4.48. The van der Waals surface area contributed by atoms with E-state index in [4.69, 9.17) is 0 Å². The first-order valence-corrected chi connectivity index (χ1v) is 9.56. The number of rotatable bonds is 6. The molecular formula is C14H22N2O2S2. The molecule has 1 aliphatic heterocycles. The molecule has 1 unspecified atom stereocenters. The van der Waals surface area contributed by atoms with Gasteiger partial charge in [-0.1, -0.05) is 18.2 Å². The first-order valence-electron chi connectivity index (χ1n) is 6.68. The Kier molecular flexibility index (Phi) is 4.79. The van der Waals surface area contributed by atoms with Crippen molar-refractivity contribution >= 4 is 21.8 Å². The molecule has 1 heterocycles. The molecule has 0 saturated carbocycles. The second kappa shape index (κ2) is 6.05. The summed E-state index contributed by atoms with van der Waals surface area (Å²) in [5.74, 6) is 1.59. The lowest BCUT2D eigenvalue weighted by Crippen LogP contribution is -2.50. The first kappa shape index (κ1) is 15.8. The summed E-state index contributed by atoms with van der Waals surface area (Å²) in [5, 5.41) is 3.39. The predicted octanol–water partition coefficient (Wildman–Crippen LogP) is 1.79. The average molecular weight is 314 g/mol. The molecule has 0 saturated heterocycles. The van der Waals surface area contributed by atoms with Crippen molar-refractivity contribution in [2.75, 3.05) is 25.1 Å². The van der Waals surface area contributed by atoms with Crippen molar-refractivity contribution in [3.8, 4) is 0 Å².